The van der Waals surface area contributed by atoms with Gasteiger partial charge < -0.3 is 9.80 Å². The number of amidine groups is 1. The Morgan fingerprint density at radius 2 is 2.24 bits per heavy atom. The van der Waals surface area contributed by atoms with E-state index < -0.39 is 16.4 Å². The molecule has 2 aliphatic heterocycles. The number of anilines is 1. The molecular formula is C18H23FN4O2. The minimum atomic E-state index is -0.818. The zero-order valence-electron chi connectivity index (χ0n) is 14.6. The molecule has 6 nitrogen and oxygen atoms in total. The monoisotopic (exact) mass is 346 g/mol. The van der Waals surface area contributed by atoms with Gasteiger partial charge in [-0.15, -0.1) is 0 Å². The van der Waals surface area contributed by atoms with Crippen LogP contribution in [0, 0.1) is 15.9 Å². The van der Waals surface area contributed by atoms with Gasteiger partial charge in [-0.3, -0.25) is 10.1 Å². The maximum Gasteiger partial charge on any atom is 0.306 e. The van der Waals surface area contributed by atoms with Crippen molar-refractivity contribution in [2.24, 2.45) is 4.99 Å². The summed E-state index contributed by atoms with van der Waals surface area (Å²) in [6.45, 7) is 5.71. The minimum Gasteiger partial charge on any atom is -0.354 e. The Bertz CT molecular complexity index is 732. The second-order valence-corrected chi connectivity index (χ2v) is 6.55. The molecule has 0 N–H and O–H groups in total. The molecule has 0 bridgehead atoms. The van der Waals surface area contributed by atoms with Crippen LogP contribution >= 0.6 is 0 Å². The molecule has 0 radical (unpaired) electrons. The Kier molecular flexibility index (Phi) is 5.01. The van der Waals surface area contributed by atoms with Crippen LogP contribution in [-0.4, -0.2) is 34.9 Å². The number of rotatable bonds is 4. The fourth-order valence-corrected chi connectivity index (χ4v) is 3.47. The summed E-state index contributed by atoms with van der Waals surface area (Å²) < 4.78 is 13.6. The number of halogens is 1. The Morgan fingerprint density at radius 1 is 1.44 bits per heavy atom. The average molecular weight is 346 g/mol. The number of likely N-dealkylation sites (tertiary alicyclic amines) is 1. The first-order valence-electron chi connectivity index (χ1n) is 8.74. The van der Waals surface area contributed by atoms with Crippen LogP contribution in [0.15, 0.2) is 35.0 Å². The van der Waals surface area contributed by atoms with Gasteiger partial charge in [0.05, 0.1) is 4.92 Å². The first kappa shape index (κ1) is 17.4. The van der Waals surface area contributed by atoms with E-state index in [-0.39, 0.29) is 0 Å². The highest BCUT2D eigenvalue weighted by Gasteiger charge is 2.27. The van der Waals surface area contributed by atoms with Gasteiger partial charge in [-0.2, -0.15) is 4.39 Å². The lowest BCUT2D eigenvalue weighted by Crippen LogP contribution is -2.38. The molecule has 0 aliphatic carbocycles. The van der Waals surface area contributed by atoms with Crippen molar-refractivity contribution in [3.05, 3.63) is 45.9 Å². The van der Waals surface area contributed by atoms with Crippen LogP contribution in [0.4, 0.5) is 15.8 Å². The lowest BCUT2D eigenvalue weighted by atomic mass is 10.1. The zero-order chi connectivity index (χ0) is 18.0. The van der Waals surface area contributed by atoms with Crippen molar-refractivity contribution in [2.75, 3.05) is 18.1 Å². The summed E-state index contributed by atoms with van der Waals surface area (Å²) in [6.07, 6.45) is 6.21. The normalized spacial score (nSPS) is 20.5. The lowest BCUT2D eigenvalue weighted by molar-refractivity contribution is -0.387. The number of nitrogens with zero attached hydrogens (tertiary/aromatic N) is 4. The van der Waals surface area contributed by atoms with Crippen LogP contribution in [-0.2, 0) is 0 Å². The summed E-state index contributed by atoms with van der Waals surface area (Å²) in [5, 5.41) is 11.0. The Morgan fingerprint density at radius 3 is 2.88 bits per heavy atom. The Hall–Kier alpha value is -2.44. The van der Waals surface area contributed by atoms with E-state index in [1.54, 1.807) is 6.07 Å². The predicted molar refractivity (Wildman–Crippen MR) is 96.2 cm³/mol. The minimum absolute atomic E-state index is 0.396. The number of aliphatic imine (C=N–C) groups is 1. The molecule has 0 spiro atoms. The van der Waals surface area contributed by atoms with E-state index in [1.165, 1.54) is 18.9 Å². The number of hydrogen-bond acceptors (Lipinski definition) is 5. The van der Waals surface area contributed by atoms with Gasteiger partial charge in [0, 0.05) is 30.0 Å². The fourth-order valence-electron chi connectivity index (χ4n) is 3.47. The number of nitro groups is 1. The van der Waals surface area contributed by atoms with Gasteiger partial charge in [0.1, 0.15) is 12.5 Å². The molecular weight excluding hydrogens is 323 g/mol. The van der Waals surface area contributed by atoms with Gasteiger partial charge in [-0.1, -0.05) is 13.3 Å². The van der Waals surface area contributed by atoms with Crippen molar-refractivity contribution < 1.29 is 9.31 Å². The molecule has 2 aliphatic rings. The van der Waals surface area contributed by atoms with Crippen molar-refractivity contribution in [2.45, 2.75) is 45.6 Å². The van der Waals surface area contributed by atoms with Crippen molar-refractivity contribution in [1.82, 2.24) is 4.90 Å². The number of hydrogen-bond donors (Lipinski definition) is 0. The fraction of sp³-hybridized carbons (Fsp3) is 0.500. The van der Waals surface area contributed by atoms with E-state index in [4.69, 9.17) is 0 Å². The van der Waals surface area contributed by atoms with E-state index >= 15 is 0 Å². The van der Waals surface area contributed by atoms with Crippen LogP contribution in [0.3, 0.4) is 0 Å². The Balaban J connectivity index is 1.90. The highest BCUT2D eigenvalue weighted by Crippen LogP contribution is 2.30. The summed E-state index contributed by atoms with van der Waals surface area (Å²) in [6, 6.07) is 4.50. The van der Waals surface area contributed by atoms with E-state index in [1.807, 2.05) is 4.90 Å². The second-order valence-electron chi connectivity index (χ2n) is 6.55. The molecule has 7 heteroatoms. The van der Waals surface area contributed by atoms with Gasteiger partial charge in [0.2, 0.25) is 5.82 Å². The van der Waals surface area contributed by atoms with Crippen molar-refractivity contribution >= 4 is 17.2 Å². The molecule has 25 heavy (non-hydrogen) atoms. The molecule has 1 aromatic carbocycles. The first-order chi connectivity index (χ1) is 12.0. The quantitative estimate of drug-likeness (QED) is 0.609. The van der Waals surface area contributed by atoms with Gasteiger partial charge >= 0.3 is 5.69 Å². The highest BCUT2D eigenvalue weighted by atomic mass is 19.1. The summed E-state index contributed by atoms with van der Waals surface area (Å²) in [5.41, 5.74) is 1.16. The standard InChI is InChI=1S/C18H23FN4O2/c1-3-5-14-11-18(21-9-4-6-13(21)2)20-12-22(14)15-7-8-16(19)17(10-15)23(24)25/h7-8,10-11,13H,3-6,9,12H2,1-2H3/t13-/m1/s1. The van der Waals surface area contributed by atoms with Gasteiger partial charge in [0.15, 0.2) is 0 Å². The van der Waals surface area contributed by atoms with Crippen molar-refractivity contribution in [3.8, 4) is 0 Å². The number of allylic oxidation sites excluding steroid dienone is 1. The van der Waals surface area contributed by atoms with E-state index in [0.29, 0.717) is 18.4 Å². The third-order valence-electron chi connectivity index (χ3n) is 4.81. The van der Waals surface area contributed by atoms with E-state index in [0.717, 1.165) is 37.0 Å². The maximum absolute atomic E-state index is 13.6. The number of nitro benzene ring substituents is 1. The number of benzene rings is 1. The van der Waals surface area contributed by atoms with Gasteiger partial charge in [-0.25, -0.2) is 4.99 Å². The maximum atomic E-state index is 13.6. The summed E-state index contributed by atoms with van der Waals surface area (Å²) in [7, 11) is 0. The zero-order valence-corrected chi connectivity index (χ0v) is 14.6. The SMILES string of the molecule is CCCC1=CC(N2CCC[C@H]2C)=NCN1c1ccc(F)c([N+](=O)[O-])c1. The van der Waals surface area contributed by atoms with Crippen LogP contribution in [0.1, 0.15) is 39.5 Å². The topological polar surface area (TPSA) is 62.0 Å². The molecule has 2 heterocycles. The molecule has 0 saturated carbocycles. The molecule has 1 fully saturated rings. The molecule has 3 rings (SSSR count). The smallest absolute Gasteiger partial charge is 0.306 e. The molecule has 1 atom stereocenters. The second kappa shape index (κ2) is 7.21. The largest absolute Gasteiger partial charge is 0.354 e. The highest BCUT2D eigenvalue weighted by molar-refractivity contribution is 5.95. The van der Waals surface area contributed by atoms with Crippen LogP contribution in [0.25, 0.3) is 0 Å². The predicted octanol–water partition coefficient (Wildman–Crippen LogP) is 4.08. The van der Waals surface area contributed by atoms with E-state index in [2.05, 4.69) is 29.8 Å². The Labute approximate surface area is 146 Å². The molecule has 1 aromatic rings. The molecule has 0 amide bonds. The summed E-state index contributed by atoms with van der Waals surface area (Å²) >= 11 is 0. The van der Waals surface area contributed by atoms with Gasteiger partial charge in [0.25, 0.3) is 0 Å². The third-order valence-corrected chi connectivity index (χ3v) is 4.81. The molecule has 134 valence electrons. The van der Waals surface area contributed by atoms with Crippen LogP contribution in [0.5, 0.6) is 0 Å². The van der Waals surface area contributed by atoms with Crippen LogP contribution in [0.2, 0.25) is 0 Å². The summed E-state index contributed by atoms with van der Waals surface area (Å²) in [5.74, 6) is 0.170. The molecule has 0 unspecified atom stereocenters. The molecule has 1 saturated heterocycles. The lowest BCUT2D eigenvalue weighted by Gasteiger charge is -2.33. The van der Waals surface area contributed by atoms with E-state index in [9.17, 15) is 14.5 Å². The molecule has 0 aromatic heterocycles. The summed E-state index contributed by atoms with van der Waals surface area (Å²) in [4.78, 5) is 19.3. The van der Waals surface area contributed by atoms with Gasteiger partial charge in [-0.05, 0) is 44.4 Å². The first-order valence-corrected chi connectivity index (χ1v) is 8.74. The van der Waals surface area contributed by atoms with Crippen molar-refractivity contribution in [3.63, 3.8) is 0 Å². The third kappa shape index (κ3) is 3.50. The van der Waals surface area contributed by atoms with Crippen molar-refractivity contribution in [1.29, 1.82) is 0 Å². The van der Waals surface area contributed by atoms with Crippen LogP contribution < -0.4 is 4.90 Å². The average Bonchev–Trinajstić information content (AvgIpc) is 3.01.